The second kappa shape index (κ2) is 9.56. The van der Waals surface area contributed by atoms with E-state index in [0.717, 1.165) is 50.1 Å². The van der Waals surface area contributed by atoms with Crippen LogP contribution in [-0.2, 0) is 5.41 Å². The topological polar surface area (TPSA) is 77.8 Å². The summed E-state index contributed by atoms with van der Waals surface area (Å²) in [4.78, 5) is 19.3. The number of hydrogen-bond donors (Lipinski definition) is 0. The lowest BCUT2D eigenvalue weighted by atomic mass is 9.82. The van der Waals surface area contributed by atoms with Crippen molar-refractivity contribution in [2.45, 2.75) is 19.3 Å². The molecule has 214 valence electrons. The van der Waals surface area contributed by atoms with Gasteiger partial charge in [-0.1, -0.05) is 74.5 Å². The number of hydrogen-bond acceptors (Lipinski definition) is 6. The van der Waals surface area contributed by atoms with Gasteiger partial charge >= 0.3 is 0 Å². The second-order valence-corrected chi connectivity index (χ2v) is 12.0. The van der Waals surface area contributed by atoms with Crippen molar-refractivity contribution in [3.63, 3.8) is 0 Å². The molecule has 0 fully saturated rings. The Bertz CT molecular complexity index is 2280. The maximum Gasteiger partial charge on any atom is 0.227 e. The molecule has 0 amide bonds. The van der Waals surface area contributed by atoms with Gasteiger partial charge in [-0.3, -0.25) is 0 Å². The first-order chi connectivity index (χ1) is 22.0. The zero-order valence-electron chi connectivity index (χ0n) is 24.7. The minimum absolute atomic E-state index is 0.0970. The average molecular weight is 583 g/mol. The van der Waals surface area contributed by atoms with E-state index < -0.39 is 0 Å². The van der Waals surface area contributed by atoms with E-state index in [1.807, 2.05) is 79.0 Å². The van der Waals surface area contributed by atoms with E-state index in [9.17, 15) is 0 Å². The molecular formula is C39H26N4O2. The van der Waals surface area contributed by atoms with Crippen molar-refractivity contribution in [1.29, 1.82) is 0 Å². The molecule has 0 atom stereocenters. The molecule has 8 aromatic rings. The number of rotatable bonds is 4. The van der Waals surface area contributed by atoms with Gasteiger partial charge in [0.05, 0.1) is 5.69 Å². The van der Waals surface area contributed by atoms with Crippen molar-refractivity contribution < 1.29 is 8.83 Å². The lowest BCUT2D eigenvalue weighted by Crippen LogP contribution is -2.14. The summed E-state index contributed by atoms with van der Waals surface area (Å²) in [5.74, 6) is 1.60. The molecule has 6 heteroatoms. The van der Waals surface area contributed by atoms with Crippen LogP contribution in [0.25, 0.3) is 78.9 Å². The molecule has 45 heavy (non-hydrogen) atoms. The summed E-state index contributed by atoms with van der Waals surface area (Å²) in [6, 6.07) is 38.8. The smallest absolute Gasteiger partial charge is 0.227 e. The van der Waals surface area contributed by atoms with Crippen LogP contribution >= 0.6 is 0 Å². The zero-order valence-corrected chi connectivity index (χ0v) is 24.7. The number of benzene rings is 5. The number of para-hydroxylation sites is 4. The van der Waals surface area contributed by atoms with Gasteiger partial charge in [-0.25, -0.2) is 19.9 Å². The molecule has 0 bridgehead atoms. The van der Waals surface area contributed by atoms with Gasteiger partial charge < -0.3 is 8.83 Å². The molecule has 0 aliphatic heterocycles. The first-order valence-corrected chi connectivity index (χ1v) is 15.0. The third-order valence-corrected chi connectivity index (χ3v) is 8.81. The highest BCUT2D eigenvalue weighted by molar-refractivity contribution is 5.84. The van der Waals surface area contributed by atoms with Gasteiger partial charge in [-0.05, 0) is 76.9 Å². The molecule has 0 N–H and O–H groups in total. The van der Waals surface area contributed by atoms with Crippen LogP contribution < -0.4 is 0 Å². The molecule has 0 unspecified atom stereocenters. The van der Waals surface area contributed by atoms with E-state index in [4.69, 9.17) is 28.8 Å². The predicted octanol–water partition coefficient (Wildman–Crippen LogP) is 9.73. The van der Waals surface area contributed by atoms with Gasteiger partial charge in [-0.2, -0.15) is 0 Å². The second-order valence-electron chi connectivity index (χ2n) is 12.0. The van der Waals surface area contributed by atoms with Gasteiger partial charge in [0.25, 0.3) is 0 Å². The lowest BCUT2D eigenvalue weighted by Gasteiger charge is -2.21. The van der Waals surface area contributed by atoms with Crippen LogP contribution in [0.4, 0.5) is 0 Å². The Morgan fingerprint density at radius 3 is 1.80 bits per heavy atom. The molecule has 1 aliphatic rings. The van der Waals surface area contributed by atoms with E-state index in [1.165, 1.54) is 22.3 Å². The standard InChI is InChI=1S/C39H26N4O2/c1-39(2)29-10-4-3-9-27(29)28-16-15-23(22-30(28)39)31-17-18-40-36(41-31)24-19-25(37-42-32-11-5-7-13-34(32)44-37)21-26(20-24)38-43-33-12-6-8-14-35(33)45-38/h3-22H,1-2H3. The van der Waals surface area contributed by atoms with E-state index >= 15 is 0 Å². The predicted molar refractivity (Wildman–Crippen MR) is 176 cm³/mol. The molecule has 5 aromatic carbocycles. The van der Waals surface area contributed by atoms with Crippen LogP contribution in [0.5, 0.6) is 0 Å². The molecule has 0 saturated heterocycles. The highest BCUT2D eigenvalue weighted by Gasteiger charge is 2.35. The van der Waals surface area contributed by atoms with Crippen molar-refractivity contribution in [2.24, 2.45) is 0 Å². The molecule has 9 rings (SSSR count). The maximum absolute atomic E-state index is 6.17. The Kier molecular flexibility index (Phi) is 5.44. The van der Waals surface area contributed by atoms with Crippen LogP contribution in [0.1, 0.15) is 25.0 Å². The Hall–Kier alpha value is -5.88. The molecule has 0 saturated carbocycles. The summed E-state index contributed by atoms with van der Waals surface area (Å²) in [6.07, 6.45) is 1.82. The SMILES string of the molecule is CC1(C)c2ccccc2-c2ccc(-c3ccnc(-c4cc(-c5nc6ccccc6o5)cc(-c5nc6ccccc6o5)c4)n3)cc21. The van der Waals surface area contributed by atoms with Crippen molar-refractivity contribution in [1.82, 2.24) is 19.9 Å². The number of oxazole rings is 2. The Morgan fingerprint density at radius 2 is 1.11 bits per heavy atom. The van der Waals surface area contributed by atoms with Gasteiger partial charge in [0.2, 0.25) is 11.8 Å². The molecule has 1 aliphatic carbocycles. The molecule has 3 aromatic heterocycles. The summed E-state index contributed by atoms with van der Waals surface area (Å²) in [5.41, 5.74) is 12.4. The summed E-state index contributed by atoms with van der Waals surface area (Å²) in [7, 11) is 0. The fraction of sp³-hybridized carbons (Fsp3) is 0.0769. The highest BCUT2D eigenvalue weighted by Crippen LogP contribution is 2.49. The summed E-state index contributed by atoms with van der Waals surface area (Å²) in [6.45, 7) is 4.58. The third-order valence-electron chi connectivity index (χ3n) is 8.81. The fourth-order valence-electron chi connectivity index (χ4n) is 6.52. The third kappa shape index (κ3) is 4.10. The normalized spacial score (nSPS) is 13.3. The van der Waals surface area contributed by atoms with Crippen molar-refractivity contribution >= 4 is 22.2 Å². The first kappa shape index (κ1) is 25.6. The molecule has 6 nitrogen and oxygen atoms in total. The van der Waals surface area contributed by atoms with Crippen LogP contribution in [0.3, 0.4) is 0 Å². The number of nitrogens with zero attached hydrogens (tertiary/aromatic N) is 4. The van der Waals surface area contributed by atoms with Gasteiger partial charge in [0.15, 0.2) is 17.0 Å². The average Bonchev–Trinajstić information content (AvgIpc) is 3.78. The molecular weight excluding hydrogens is 556 g/mol. The van der Waals surface area contributed by atoms with Crippen molar-refractivity contribution in [3.8, 4) is 56.7 Å². The largest absolute Gasteiger partial charge is 0.436 e. The zero-order chi connectivity index (χ0) is 30.1. The quantitative estimate of drug-likeness (QED) is 0.206. The highest BCUT2D eigenvalue weighted by atomic mass is 16.4. The van der Waals surface area contributed by atoms with E-state index in [0.29, 0.717) is 17.6 Å². The molecule has 0 radical (unpaired) electrons. The maximum atomic E-state index is 6.17. The number of aromatic nitrogens is 4. The summed E-state index contributed by atoms with van der Waals surface area (Å²) in [5, 5.41) is 0. The lowest BCUT2D eigenvalue weighted by molar-refractivity contribution is 0.617. The van der Waals surface area contributed by atoms with Crippen molar-refractivity contribution in [3.05, 3.63) is 133 Å². The first-order valence-electron chi connectivity index (χ1n) is 15.0. The minimum atomic E-state index is -0.0970. The van der Waals surface area contributed by atoms with Gasteiger partial charge in [0, 0.05) is 33.9 Å². The van der Waals surface area contributed by atoms with E-state index in [1.54, 1.807) is 0 Å². The molecule has 3 heterocycles. The van der Waals surface area contributed by atoms with Crippen LogP contribution in [0, 0.1) is 0 Å². The molecule has 0 spiro atoms. The Balaban J connectivity index is 1.18. The summed E-state index contributed by atoms with van der Waals surface area (Å²) >= 11 is 0. The van der Waals surface area contributed by atoms with Gasteiger partial charge in [0.1, 0.15) is 11.0 Å². The van der Waals surface area contributed by atoms with E-state index in [-0.39, 0.29) is 5.41 Å². The number of fused-ring (bicyclic) bond motifs is 5. The van der Waals surface area contributed by atoms with Crippen molar-refractivity contribution in [2.75, 3.05) is 0 Å². The van der Waals surface area contributed by atoms with Crippen LogP contribution in [-0.4, -0.2) is 19.9 Å². The van der Waals surface area contributed by atoms with Crippen LogP contribution in [0.2, 0.25) is 0 Å². The minimum Gasteiger partial charge on any atom is -0.436 e. The monoisotopic (exact) mass is 582 g/mol. The van der Waals surface area contributed by atoms with Crippen LogP contribution in [0.15, 0.2) is 130 Å². The van der Waals surface area contributed by atoms with Gasteiger partial charge in [-0.15, -0.1) is 0 Å². The fourth-order valence-corrected chi connectivity index (χ4v) is 6.52. The van der Waals surface area contributed by atoms with E-state index in [2.05, 4.69) is 56.3 Å². The Labute approximate surface area is 259 Å². The Morgan fingerprint density at radius 1 is 0.511 bits per heavy atom. The summed E-state index contributed by atoms with van der Waals surface area (Å²) < 4.78 is 12.3.